The molecule has 0 aromatic heterocycles. The highest BCUT2D eigenvalue weighted by Crippen LogP contribution is 2.45. The number of allylic oxidation sites excluding steroid dienone is 1. The van der Waals surface area contributed by atoms with Crippen LogP contribution in [0.15, 0.2) is 54.6 Å². The Morgan fingerprint density at radius 2 is 1.87 bits per heavy atom. The predicted octanol–water partition coefficient (Wildman–Crippen LogP) is 4.42. The van der Waals surface area contributed by atoms with E-state index in [1.165, 1.54) is 13.2 Å². The molecule has 0 heterocycles. The Kier molecular flexibility index (Phi) is 4.03. The molecule has 0 spiro atoms. The summed E-state index contributed by atoms with van der Waals surface area (Å²) in [6, 6.07) is 14.8. The first kappa shape index (κ1) is 15.5. The molecule has 0 aliphatic heterocycles. The molecular weight excluding hydrogens is 291 g/mol. The van der Waals surface area contributed by atoms with E-state index in [9.17, 15) is 9.18 Å². The van der Waals surface area contributed by atoms with Gasteiger partial charge in [0.1, 0.15) is 11.2 Å². The Balaban J connectivity index is 2.15. The third-order valence-electron chi connectivity index (χ3n) is 4.65. The van der Waals surface area contributed by atoms with Gasteiger partial charge in [0, 0.05) is 0 Å². The average Bonchev–Trinajstić information content (AvgIpc) is 3.04. The second-order valence-electron chi connectivity index (χ2n) is 5.91. The van der Waals surface area contributed by atoms with Crippen molar-refractivity contribution in [2.75, 3.05) is 7.11 Å². The fourth-order valence-electron chi connectivity index (χ4n) is 3.41. The van der Waals surface area contributed by atoms with Crippen molar-refractivity contribution in [3.05, 3.63) is 77.1 Å². The van der Waals surface area contributed by atoms with Crippen LogP contribution in [0.2, 0.25) is 0 Å². The van der Waals surface area contributed by atoms with E-state index in [1.807, 2.05) is 42.5 Å². The van der Waals surface area contributed by atoms with Crippen molar-refractivity contribution >= 4 is 11.5 Å². The summed E-state index contributed by atoms with van der Waals surface area (Å²) in [7, 11) is 1.38. The minimum atomic E-state index is -0.911. The van der Waals surface area contributed by atoms with Gasteiger partial charge in [-0.15, -0.1) is 0 Å². The van der Waals surface area contributed by atoms with Crippen LogP contribution in [0.3, 0.4) is 0 Å². The first-order valence-electron chi connectivity index (χ1n) is 7.69. The lowest BCUT2D eigenvalue weighted by Crippen LogP contribution is -2.34. The normalized spacial score (nSPS) is 20.2. The number of esters is 1. The van der Waals surface area contributed by atoms with Crippen molar-refractivity contribution in [3.63, 3.8) is 0 Å². The zero-order valence-corrected chi connectivity index (χ0v) is 13.3. The number of halogens is 1. The molecule has 0 N–H and O–H groups in total. The van der Waals surface area contributed by atoms with Crippen LogP contribution in [0.4, 0.5) is 4.39 Å². The van der Waals surface area contributed by atoms with Gasteiger partial charge in [-0.25, -0.2) is 4.39 Å². The van der Waals surface area contributed by atoms with E-state index < -0.39 is 5.41 Å². The van der Waals surface area contributed by atoms with Gasteiger partial charge in [0.15, 0.2) is 0 Å². The van der Waals surface area contributed by atoms with Gasteiger partial charge >= 0.3 is 5.97 Å². The van der Waals surface area contributed by atoms with Gasteiger partial charge in [-0.2, -0.15) is 0 Å². The highest BCUT2D eigenvalue weighted by molar-refractivity contribution is 5.91. The van der Waals surface area contributed by atoms with Gasteiger partial charge in [0.2, 0.25) is 0 Å². The van der Waals surface area contributed by atoms with Crippen molar-refractivity contribution in [3.8, 4) is 0 Å². The third kappa shape index (κ3) is 2.56. The van der Waals surface area contributed by atoms with Gasteiger partial charge in [-0.1, -0.05) is 48.5 Å². The van der Waals surface area contributed by atoms with Crippen molar-refractivity contribution in [2.24, 2.45) is 0 Å². The number of rotatable bonds is 3. The lowest BCUT2D eigenvalue weighted by molar-refractivity contribution is -0.145. The van der Waals surface area contributed by atoms with E-state index in [1.54, 1.807) is 13.0 Å². The summed E-state index contributed by atoms with van der Waals surface area (Å²) in [6.45, 7) is 1.71. The van der Waals surface area contributed by atoms with E-state index in [0.717, 1.165) is 17.6 Å². The van der Waals surface area contributed by atoms with Gasteiger partial charge in [-0.3, -0.25) is 4.79 Å². The Morgan fingerprint density at radius 3 is 2.57 bits per heavy atom. The topological polar surface area (TPSA) is 26.3 Å². The predicted molar refractivity (Wildman–Crippen MR) is 88.5 cm³/mol. The molecule has 0 bridgehead atoms. The lowest BCUT2D eigenvalue weighted by atomic mass is 9.77. The van der Waals surface area contributed by atoms with Crippen LogP contribution in [0, 0.1) is 12.7 Å². The number of hydrogen-bond donors (Lipinski definition) is 0. The van der Waals surface area contributed by atoms with Crippen LogP contribution >= 0.6 is 0 Å². The number of ether oxygens (including phenoxy) is 1. The molecular formula is C20H19FO2. The van der Waals surface area contributed by atoms with E-state index in [4.69, 9.17) is 4.74 Å². The van der Waals surface area contributed by atoms with Crippen LogP contribution in [-0.2, 0) is 14.9 Å². The highest BCUT2D eigenvalue weighted by atomic mass is 19.1. The standard InChI is InChI=1S/C20H19FO2/c1-14-17(9-6-10-18(14)21)20(19(22)23-2)12-11-16(13-20)15-7-4-3-5-8-15/h3-10,13H,11-12H2,1-2H3. The number of hydrogen-bond acceptors (Lipinski definition) is 2. The van der Waals surface area contributed by atoms with Crippen LogP contribution in [0.1, 0.15) is 29.5 Å². The number of carbonyl (C=O) groups excluding carboxylic acids is 1. The Morgan fingerprint density at radius 1 is 1.13 bits per heavy atom. The fourth-order valence-corrected chi connectivity index (χ4v) is 3.41. The fraction of sp³-hybridized carbons (Fsp3) is 0.250. The molecule has 2 aromatic rings. The molecule has 23 heavy (non-hydrogen) atoms. The summed E-state index contributed by atoms with van der Waals surface area (Å²) in [5, 5.41) is 0. The summed E-state index contributed by atoms with van der Waals surface area (Å²) in [5.74, 6) is -0.635. The van der Waals surface area contributed by atoms with Crippen molar-refractivity contribution < 1.29 is 13.9 Å². The maximum atomic E-state index is 14.0. The Hall–Kier alpha value is -2.42. The Bertz CT molecular complexity index is 764. The van der Waals surface area contributed by atoms with Crippen molar-refractivity contribution in [1.29, 1.82) is 0 Å². The number of methoxy groups -OCH3 is 1. The second kappa shape index (κ2) is 5.99. The van der Waals surface area contributed by atoms with Gasteiger partial charge in [0.05, 0.1) is 7.11 Å². The smallest absolute Gasteiger partial charge is 0.320 e. The minimum Gasteiger partial charge on any atom is -0.468 e. The number of carbonyl (C=O) groups is 1. The van der Waals surface area contributed by atoms with Crippen LogP contribution < -0.4 is 0 Å². The summed E-state index contributed by atoms with van der Waals surface area (Å²) in [6.07, 6.45) is 3.30. The van der Waals surface area contributed by atoms with E-state index in [-0.39, 0.29) is 11.8 Å². The third-order valence-corrected chi connectivity index (χ3v) is 4.65. The zero-order valence-electron chi connectivity index (χ0n) is 13.3. The van der Waals surface area contributed by atoms with Crippen LogP contribution in [0.25, 0.3) is 5.57 Å². The molecule has 118 valence electrons. The molecule has 1 unspecified atom stereocenters. The highest BCUT2D eigenvalue weighted by Gasteiger charge is 2.44. The first-order valence-corrected chi connectivity index (χ1v) is 7.69. The van der Waals surface area contributed by atoms with Crippen molar-refractivity contribution in [1.82, 2.24) is 0 Å². The summed E-state index contributed by atoms with van der Waals surface area (Å²) >= 11 is 0. The maximum absolute atomic E-state index is 14.0. The summed E-state index contributed by atoms with van der Waals surface area (Å²) in [4.78, 5) is 12.6. The van der Waals surface area contributed by atoms with Crippen LogP contribution in [0.5, 0.6) is 0 Å². The van der Waals surface area contributed by atoms with Gasteiger partial charge in [0.25, 0.3) is 0 Å². The van der Waals surface area contributed by atoms with Crippen molar-refractivity contribution in [2.45, 2.75) is 25.2 Å². The Labute approximate surface area is 135 Å². The molecule has 0 saturated carbocycles. The molecule has 0 saturated heterocycles. The molecule has 1 aliphatic rings. The molecule has 0 fully saturated rings. The van der Waals surface area contributed by atoms with E-state index >= 15 is 0 Å². The zero-order chi connectivity index (χ0) is 16.4. The molecule has 1 atom stereocenters. The van der Waals surface area contributed by atoms with Gasteiger partial charge in [-0.05, 0) is 48.1 Å². The minimum absolute atomic E-state index is 0.299. The SMILES string of the molecule is COC(=O)C1(c2cccc(F)c2C)C=C(c2ccccc2)CC1. The monoisotopic (exact) mass is 310 g/mol. The molecule has 3 heteroatoms. The molecule has 0 amide bonds. The maximum Gasteiger partial charge on any atom is 0.320 e. The second-order valence-corrected chi connectivity index (χ2v) is 5.91. The lowest BCUT2D eigenvalue weighted by Gasteiger charge is -2.26. The molecule has 2 aromatic carbocycles. The molecule has 3 rings (SSSR count). The summed E-state index contributed by atoms with van der Waals surface area (Å²) < 4.78 is 19.1. The van der Waals surface area contributed by atoms with E-state index in [2.05, 4.69) is 0 Å². The quantitative estimate of drug-likeness (QED) is 0.784. The largest absolute Gasteiger partial charge is 0.468 e. The van der Waals surface area contributed by atoms with Crippen LogP contribution in [-0.4, -0.2) is 13.1 Å². The average molecular weight is 310 g/mol. The molecule has 0 radical (unpaired) electrons. The molecule has 2 nitrogen and oxygen atoms in total. The van der Waals surface area contributed by atoms with E-state index in [0.29, 0.717) is 17.5 Å². The number of benzene rings is 2. The van der Waals surface area contributed by atoms with Gasteiger partial charge < -0.3 is 4.74 Å². The summed E-state index contributed by atoms with van der Waals surface area (Å²) in [5.41, 5.74) is 2.47. The molecule has 1 aliphatic carbocycles. The first-order chi connectivity index (χ1) is 11.1.